The maximum Gasteiger partial charge on any atom is 0.319 e. The summed E-state index contributed by atoms with van der Waals surface area (Å²) in [6, 6.07) is 4.92. The molecular formula is C13H17ClN2O2S. The van der Waals surface area contributed by atoms with Gasteiger partial charge in [0, 0.05) is 9.92 Å². The number of hydrogen-bond donors (Lipinski definition) is 3. The summed E-state index contributed by atoms with van der Waals surface area (Å²) in [6.45, 7) is 0. The summed E-state index contributed by atoms with van der Waals surface area (Å²) in [5, 5.41) is 15.8. The van der Waals surface area contributed by atoms with E-state index in [4.69, 9.17) is 11.6 Å². The van der Waals surface area contributed by atoms with Crippen LogP contribution in [-0.2, 0) is 0 Å². The van der Waals surface area contributed by atoms with E-state index < -0.39 is 6.10 Å². The number of benzene rings is 1. The van der Waals surface area contributed by atoms with Crippen LogP contribution in [0.3, 0.4) is 0 Å². The summed E-state index contributed by atoms with van der Waals surface area (Å²) in [5.74, 6) is 0. The highest BCUT2D eigenvalue weighted by molar-refractivity contribution is 7.98. The van der Waals surface area contributed by atoms with Crippen molar-refractivity contribution < 1.29 is 9.90 Å². The minimum absolute atomic E-state index is 0.156. The van der Waals surface area contributed by atoms with E-state index in [1.165, 1.54) is 11.8 Å². The summed E-state index contributed by atoms with van der Waals surface area (Å²) in [4.78, 5) is 12.9. The van der Waals surface area contributed by atoms with Gasteiger partial charge in [-0.25, -0.2) is 4.79 Å². The average Bonchev–Trinajstić information content (AvgIpc) is 2.75. The molecule has 1 fully saturated rings. The van der Waals surface area contributed by atoms with Gasteiger partial charge in [-0.05, 0) is 43.7 Å². The smallest absolute Gasteiger partial charge is 0.319 e. The molecule has 1 saturated carbocycles. The number of hydrogen-bond acceptors (Lipinski definition) is 3. The first-order valence-corrected chi connectivity index (χ1v) is 7.79. The average molecular weight is 301 g/mol. The lowest BCUT2D eigenvalue weighted by Gasteiger charge is -2.17. The van der Waals surface area contributed by atoms with E-state index in [1.807, 2.05) is 12.3 Å². The van der Waals surface area contributed by atoms with Gasteiger partial charge in [0.2, 0.25) is 0 Å². The zero-order valence-electron chi connectivity index (χ0n) is 10.6. The van der Waals surface area contributed by atoms with Crippen molar-refractivity contribution in [2.45, 2.75) is 36.3 Å². The molecule has 0 radical (unpaired) electrons. The van der Waals surface area contributed by atoms with Crippen molar-refractivity contribution in [3.05, 3.63) is 23.2 Å². The summed E-state index contributed by atoms with van der Waals surface area (Å²) in [7, 11) is 0. The lowest BCUT2D eigenvalue weighted by Crippen LogP contribution is -2.42. The molecule has 0 aliphatic heterocycles. The number of aliphatic hydroxyl groups excluding tert-OH is 1. The first kappa shape index (κ1) is 14.5. The number of thioether (sulfide) groups is 1. The van der Waals surface area contributed by atoms with Crippen molar-refractivity contribution in [3.63, 3.8) is 0 Å². The normalized spacial score (nSPS) is 22.3. The van der Waals surface area contributed by atoms with Crippen LogP contribution in [0.2, 0.25) is 5.02 Å². The number of aliphatic hydroxyl groups is 1. The van der Waals surface area contributed by atoms with Crippen LogP contribution in [0.5, 0.6) is 0 Å². The number of halogens is 1. The highest BCUT2D eigenvalue weighted by Crippen LogP contribution is 2.28. The van der Waals surface area contributed by atoms with Gasteiger partial charge in [-0.3, -0.25) is 0 Å². The van der Waals surface area contributed by atoms with E-state index in [-0.39, 0.29) is 12.1 Å². The van der Waals surface area contributed by atoms with E-state index in [2.05, 4.69) is 10.6 Å². The van der Waals surface area contributed by atoms with Gasteiger partial charge < -0.3 is 15.7 Å². The number of anilines is 1. The topological polar surface area (TPSA) is 61.4 Å². The number of nitrogens with one attached hydrogen (secondary N) is 2. The van der Waals surface area contributed by atoms with Gasteiger partial charge in [-0.15, -0.1) is 11.8 Å². The van der Waals surface area contributed by atoms with Crippen LogP contribution in [0.4, 0.5) is 10.5 Å². The third-order valence-corrected chi connectivity index (χ3v) is 4.24. The van der Waals surface area contributed by atoms with Crippen molar-refractivity contribution in [2.24, 2.45) is 0 Å². The monoisotopic (exact) mass is 300 g/mol. The Morgan fingerprint density at radius 3 is 2.89 bits per heavy atom. The van der Waals surface area contributed by atoms with E-state index in [1.54, 1.807) is 12.1 Å². The van der Waals surface area contributed by atoms with Crippen LogP contribution in [0.15, 0.2) is 23.1 Å². The molecule has 1 aliphatic rings. The molecular weight excluding hydrogens is 284 g/mol. The predicted molar refractivity (Wildman–Crippen MR) is 79.0 cm³/mol. The molecule has 2 rings (SSSR count). The Bertz CT molecular complexity index is 470. The Balaban J connectivity index is 2.00. The fourth-order valence-electron chi connectivity index (χ4n) is 2.21. The maximum atomic E-state index is 11.9. The molecule has 2 amide bonds. The second-order valence-electron chi connectivity index (χ2n) is 4.55. The van der Waals surface area contributed by atoms with Gasteiger partial charge in [0.05, 0.1) is 17.8 Å². The van der Waals surface area contributed by atoms with Crippen LogP contribution in [-0.4, -0.2) is 29.5 Å². The summed E-state index contributed by atoms with van der Waals surface area (Å²) in [6.07, 6.45) is 4.01. The Hall–Kier alpha value is -0.910. The van der Waals surface area contributed by atoms with Crippen LogP contribution in [0, 0.1) is 0 Å². The van der Waals surface area contributed by atoms with Crippen molar-refractivity contribution in [3.8, 4) is 0 Å². The molecule has 0 saturated heterocycles. The third-order valence-electron chi connectivity index (χ3n) is 3.21. The van der Waals surface area contributed by atoms with Gasteiger partial charge >= 0.3 is 6.03 Å². The molecule has 0 heterocycles. The Morgan fingerprint density at radius 2 is 2.26 bits per heavy atom. The van der Waals surface area contributed by atoms with E-state index >= 15 is 0 Å². The summed E-state index contributed by atoms with van der Waals surface area (Å²) < 4.78 is 0. The molecule has 0 bridgehead atoms. The van der Waals surface area contributed by atoms with Crippen LogP contribution >= 0.6 is 23.4 Å². The second-order valence-corrected chi connectivity index (χ2v) is 5.83. The van der Waals surface area contributed by atoms with E-state index in [0.29, 0.717) is 10.7 Å². The second kappa shape index (κ2) is 6.50. The molecule has 3 N–H and O–H groups in total. The molecule has 19 heavy (non-hydrogen) atoms. The van der Waals surface area contributed by atoms with E-state index in [9.17, 15) is 9.90 Å². The molecule has 4 nitrogen and oxygen atoms in total. The van der Waals surface area contributed by atoms with Gasteiger partial charge in [-0.2, -0.15) is 0 Å². The number of carbonyl (C=O) groups is 1. The minimum atomic E-state index is -0.440. The molecule has 1 aromatic carbocycles. The lowest BCUT2D eigenvalue weighted by atomic mass is 10.2. The molecule has 6 heteroatoms. The first-order valence-electron chi connectivity index (χ1n) is 6.19. The molecule has 2 atom stereocenters. The molecule has 1 aliphatic carbocycles. The third kappa shape index (κ3) is 3.78. The van der Waals surface area contributed by atoms with Gasteiger partial charge in [-0.1, -0.05) is 11.6 Å². The molecule has 104 valence electrons. The SMILES string of the molecule is CSc1ccc(Cl)cc1NC(=O)N[C@@H]1CCC[C@H]1O. The van der Waals surface area contributed by atoms with Gasteiger partial charge in [0.25, 0.3) is 0 Å². The highest BCUT2D eigenvalue weighted by atomic mass is 35.5. The van der Waals surface area contributed by atoms with E-state index in [0.717, 1.165) is 24.2 Å². The van der Waals surface area contributed by atoms with Crippen molar-refractivity contribution in [1.82, 2.24) is 5.32 Å². The van der Waals surface area contributed by atoms with Crippen LogP contribution < -0.4 is 10.6 Å². The Kier molecular flexibility index (Phi) is 4.96. The lowest BCUT2D eigenvalue weighted by molar-refractivity contribution is 0.151. The first-order chi connectivity index (χ1) is 9.10. The highest BCUT2D eigenvalue weighted by Gasteiger charge is 2.26. The standard InChI is InChI=1S/C13H17ClN2O2S/c1-19-12-6-5-8(14)7-10(12)16-13(18)15-9-3-2-4-11(9)17/h5-7,9,11,17H,2-4H2,1H3,(H2,15,16,18)/t9-,11-/m1/s1. The van der Waals surface area contributed by atoms with Crippen LogP contribution in [0.25, 0.3) is 0 Å². The summed E-state index contributed by atoms with van der Waals surface area (Å²) >= 11 is 7.47. The maximum absolute atomic E-state index is 11.9. The fourth-order valence-corrected chi connectivity index (χ4v) is 2.92. The number of urea groups is 1. The predicted octanol–water partition coefficient (Wildman–Crippen LogP) is 3.10. The molecule has 1 aromatic rings. The van der Waals surface area contributed by atoms with Crippen LogP contribution in [0.1, 0.15) is 19.3 Å². The Labute approximate surface area is 121 Å². The molecule has 0 unspecified atom stereocenters. The molecule has 0 aromatic heterocycles. The van der Waals surface area contributed by atoms with Crippen molar-refractivity contribution >= 4 is 35.1 Å². The van der Waals surface area contributed by atoms with Crippen molar-refractivity contribution in [2.75, 3.05) is 11.6 Å². The van der Waals surface area contributed by atoms with Gasteiger partial charge in [0.1, 0.15) is 0 Å². The largest absolute Gasteiger partial charge is 0.391 e. The molecule has 0 spiro atoms. The quantitative estimate of drug-likeness (QED) is 0.752. The zero-order valence-corrected chi connectivity index (χ0v) is 12.2. The summed E-state index contributed by atoms with van der Waals surface area (Å²) in [5.41, 5.74) is 0.685. The number of amides is 2. The fraction of sp³-hybridized carbons (Fsp3) is 0.462. The van der Waals surface area contributed by atoms with Gasteiger partial charge in [0.15, 0.2) is 0 Å². The number of rotatable bonds is 3. The minimum Gasteiger partial charge on any atom is -0.391 e. The Morgan fingerprint density at radius 1 is 1.47 bits per heavy atom. The van der Waals surface area contributed by atoms with Crippen molar-refractivity contribution in [1.29, 1.82) is 0 Å². The number of carbonyl (C=O) groups excluding carboxylic acids is 1. The zero-order chi connectivity index (χ0) is 13.8.